The predicted molar refractivity (Wildman–Crippen MR) is 75.3 cm³/mol. The van der Waals surface area contributed by atoms with E-state index in [9.17, 15) is 4.79 Å². The van der Waals surface area contributed by atoms with E-state index >= 15 is 0 Å². The quantitative estimate of drug-likeness (QED) is 0.858. The van der Waals surface area contributed by atoms with Crippen LogP contribution in [0.1, 0.15) is 30.1 Å². The van der Waals surface area contributed by atoms with Crippen LogP contribution in [-0.4, -0.2) is 28.4 Å². The molecule has 0 spiro atoms. The number of imidazole rings is 1. The summed E-state index contributed by atoms with van der Waals surface area (Å²) in [6.45, 7) is 4.89. The van der Waals surface area contributed by atoms with E-state index in [1.54, 1.807) is 0 Å². The molecule has 0 radical (unpaired) electrons. The second-order valence-electron chi connectivity index (χ2n) is 5.12. The minimum absolute atomic E-state index is 0.173. The molecule has 2 heterocycles. The van der Waals surface area contributed by atoms with Crippen molar-refractivity contribution in [2.75, 3.05) is 13.1 Å². The fraction of sp³-hybridized carbons (Fsp3) is 0.467. The number of benzene rings is 1. The summed E-state index contributed by atoms with van der Waals surface area (Å²) in [5.41, 5.74) is 2.83. The number of piperidine rings is 1. The van der Waals surface area contributed by atoms with Gasteiger partial charge in [0, 0.05) is 18.0 Å². The third-order valence-corrected chi connectivity index (χ3v) is 3.96. The average Bonchev–Trinajstić information content (AvgIpc) is 2.89. The van der Waals surface area contributed by atoms with Gasteiger partial charge in [0.05, 0.1) is 17.4 Å². The van der Waals surface area contributed by atoms with E-state index in [4.69, 9.17) is 0 Å². The number of rotatable bonds is 3. The van der Waals surface area contributed by atoms with Crippen molar-refractivity contribution in [2.24, 2.45) is 5.92 Å². The molecular weight excluding hydrogens is 238 g/mol. The molecule has 0 unspecified atom stereocenters. The molecule has 1 aliphatic heterocycles. The number of aromatic nitrogens is 2. The van der Waals surface area contributed by atoms with Crippen LogP contribution in [0.2, 0.25) is 0 Å². The Balaban J connectivity index is 1.90. The molecule has 1 aromatic carbocycles. The van der Waals surface area contributed by atoms with Crippen LogP contribution in [0.3, 0.4) is 0 Å². The van der Waals surface area contributed by atoms with Crippen molar-refractivity contribution in [3.8, 4) is 0 Å². The van der Waals surface area contributed by atoms with Gasteiger partial charge in [0.25, 0.3) is 0 Å². The van der Waals surface area contributed by atoms with Gasteiger partial charge in [-0.25, -0.2) is 4.98 Å². The van der Waals surface area contributed by atoms with Crippen LogP contribution >= 0.6 is 0 Å². The molecule has 1 N–H and O–H groups in total. The van der Waals surface area contributed by atoms with E-state index in [-0.39, 0.29) is 11.7 Å². The summed E-state index contributed by atoms with van der Waals surface area (Å²) in [6, 6.07) is 5.90. The van der Waals surface area contributed by atoms with Crippen LogP contribution in [0, 0.1) is 5.92 Å². The van der Waals surface area contributed by atoms with Gasteiger partial charge in [-0.1, -0.05) is 0 Å². The van der Waals surface area contributed by atoms with E-state index in [0.717, 1.165) is 49.1 Å². The van der Waals surface area contributed by atoms with Crippen molar-refractivity contribution in [3.05, 3.63) is 30.1 Å². The second kappa shape index (κ2) is 5.13. The van der Waals surface area contributed by atoms with E-state index in [2.05, 4.69) is 21.8 Å². The Morgan fingerprint density at radius 2 is 2.21 bits per heavy atom. The first-order chi connectivity index (χ1) is 9.29. The summed E-state index contributed by atoms with van der Waals surface area (Å²) < 4.78 is 2.09. The lowest BCUT2D eigenvalue weighted by Gasteiger charge is -2.21. The molecule has 0 saturated carbocycles. The van der Waals surface area contributed by atoms with Crippen molar-refractivity contribution < 1.29 is 4.79 Å². The molecule has 4 heteroatoms. The highest BCUT2D eigenvalue weighted by atomic mass is 16.1. The van der Waals surface area contributed by atoms with Gasteiger partial charge in [-0.3, -0.25) is 4.79 Å². The first-order valence-electron chi connectivity index (χ1n) is 6.99. The Morgan fingerprint density at radius 3 is 2.95 bits per heavy atom. The van der Waals surface area contributed by atoms with Crippen LogP contribution < -0.4 is 5.32 Å². The monoisotopic (exact) mass is 257 g/mol. The summed E-state index contributed by atoms with van der Waals surface area (Å²) in [4.78, 5) is 16.8. The molecule has 0 aliphatic carbocycles. The highest BCUT2D eigenvalue weighted by Crippen LogP contribution is 2.21. The number of ketones is 1. The van der Waals surface area contributed by atoms with Gasteiger partial charge in [0.2, 0.25) is 0 Å². The molecule has 100 valence electrons. The molecular formula is C15H19N3O. The fourth-order valence-electron chi connectivity index (χ4n) is 2.79. The van der Waals surface area contributed by atoms with Gasteiger partial charge in [0.15, 0.2) is 5.78 Å². The number of hydrogen-bond donors (Lipinski definition) is 1. The van der Waals surface area contributed by atoms with Gasteiger partial charge in [-0.2, -0.15) is 0 Å². The molecule has 0 atom stereocenters. The Bertz CT molecular complexity index is 596. The van der Waals surface area contributed by atoms with Crippen molar-refractivity contribution in [1.29, 1.82) is 0 Å². The van der Waals surface area contributed by atoms with Crippen molar-refractivity contribution in [1.82, 2.24) is 14.9 Å². The van der Waals surface area contributed by atoms with Crippen LogP contribution in [-0.2, 0) is 6.54 Å². The summed E-state index contributed by atoms with van der Waals surface area (Å²) in [5.74, 6) is 0.446. The maximum atomic E-state index is 12.5. The summed E-state index contributed by atoms with van der Waals surface area (Å²) in [5, 5.41) is 3.29. The minimum Gasteiger partial charge on any atom is -0.331 e. The highest BCUT2D eigenvalue weighted by molar-refractivity contribution is 6.00. The first-order valence-corrected chi connectivity index (χ1v) is 6.99. The molecule has 0 bridgehead atoms. The number of hydrogen-bond acceptors (Lipinski definition) is 3. The third kappa shape index (κ3) is 2.28. The Hall–Kier alpha value is -1.68. The topological polar surface area (TPSA) is 46.9 Å². The predicted octanol–water partition coefficient (Wildman–Crippen LogP) is 2.24. The van der Waals surface area contributed by atoms with Gasteiger partial charge in [-0.05, 0) is 51.1 Å². The Kier molecular flexibility index (Phi) is 3.34. The molecule has 1 aromatic heterocycles. The lowest BCUT2D eigenvalue weighted by Crippen LogP contribution is -2.31. The molecule has 1 fully saturated rings. The Labute approximate surface area is 112 Å². The van der Waals surface area contributed by atoms with E-state index in [0.29, 0.717) is 0 Å². The van der Waals surface area contributed by atoms with Crippen molar-refractivity contribution >= 4 is 16.8 Å². The molecule has 19 heavy (non-hydrogen) atoms. The third-order valence-electron chi connectivity index (χ3n) is 3.96. The van der Waals surface area contributed by atoms with E-state index in [1.807, 2.05) is 24.5 Å². The lowest BCUT2D eigenvalue weighted by atomic mass is 9.89. The molecule has 2 aromatic rings. The average molecular weight is 257 g/mol. The van der Waals surface area contributed by atoms with E-state index < -0.39 is 0 Å². The zero-order valence-electron chi connectivity index (χ0n) is 11.2. The molecule has 0 amide bonds. The van der Waals surface area contributed by atoms with E-state index in [1.165, 1.54) is 0 Å². The van der Waals surface area contributed by atoms with Crippen molar-refractivity contribution in [3.63, 3.8) is 0 Å². The van der Waals surface area contributed by atoms with Gasteiger partial charge >= 0.3 is 0 Å². The number of carbonyl (C=O) groups is 1. The SMILES string of the molecule is CCn1cnc2cc(C(=O)C3CCNCC3)ccc21. The number of fused-ring (bicyclic) bond motifs is 1. The normalized spacial score (nSPS) is 16.9. The lowest BCUT2D eigenvalue weighted by molar-refractivity contribution is 0.0895. The molecule has 3 rings (SSSR count). The summed E-state index contributed by atoms with van der Waals surface area (Å²) in [6.07, 6.45) is 3.73. The van der Waals surface area contributed by atoms with Gasteiger partial charge in [-0.15, -0.1) is 0 Å². The fourth-order valence-corrected chi connectivity index (χ4v) is 2.79. The number of aryl methyl sites for hydroxylation is 1. The van der Waals surface area contributed by atoms with Crippen LogP contribution in [0.4, 0.5) is 0 Å². The van der Waals surface area contributed by atoms with Crippen LogP contribution in [0.15, 0.2) is 24.5 Å². The molecule has 1 aliphatic rings. The number of nitrogens with zero attached hydrogens (tertiary/aromatic N) is 2. The zero-order valence-corrected chi connectivity index (χ0v) is 11.2. The van der Waals surface area contributed by atoms with Crippen LogP contribution in [0.25, 0.3) is 11.0 Å². The zero-order chi connectivity index (χ0) is 13.2. The minimum atomic E-state index is 0.173. The summed E-state index contributed by atoms with van der Waals surface area (Å²) in [7, 11) is 0. The van der Waals surface area contributed by atoms with Crippen molar-refractivity contribution in [2.45, 2.75) is 26.3 Å². The van der Waals surface area contributed by atoms with Gasteiger partial charge < -0.3 is 9.88 Å². The highest BCUT2D eigenvalue weighted by Gasteiger charge is 2.22. The Morgan fingerprint density at radius 1 is 1.42 bits per heavy atom. The summed E-state index contributed by atoms with van der Waals surface area (Å²) >= 11 is 0. The largest absolute Gasteiger partial charge is 0.331 e. The van der Waals surface area contributed by atoms with Gasteiger partial charge in [0.1, 0.15) is 0 Å². The number of nitrogens with one attached hydrogen (secondary N) is 1. The molecule has 4 nitrogen and oxygen atoms in total. The first kappa shape index (κ1) is 12.4. The standard InChI is InChI=1S/C15H19N3O/c1-2-18-10-17-13-9-12(3-4-14(13)18)15(19)11-5-7-16-8-6-11/h3-4,9-11,16H,2,5-8H2,1H3. The maximum absolute atomic E-state index is 12.5. The number of carbonyl (C=O) groups excluding carboxylic acids is 1. The number of Topliss-reactive ketones (excluding diaryl/α,β-unsaturated/α-hetero) is 1. The second-order valence-corrected chi connectivity index (χ2v) is 5.12. The maximum Gasteiger partial charge on any atom is 0.166 e. The van der Waals surface area contributed by atoms with Crippen LogP contribution in [0.5, 0.6) is 0 Å². The molecule has 1 saturated heterocycles. The smallest absolute Gasteiger partial charge is 0.166 e.